The topological polar surface area (TPSA) is 85.8 Å². The van der Waals surface area contributed by atoms with E-state index in [-0.39, 0.29) is 12.2 Å². The number of aryl methyl sites for hydroxylation is 1. The number of rotatable bonds is 8. The number of aliphatic imine (C=N–C) groups is 1. The van der Waals surface area contributed by atoms with E-state index in [9.17, 15) is 13.2 Å². The predicted molar refractivity (Wildman–Crippen MR) is 182 cm³/mol. The first-order valence-electron chi connectivity index (χ1n) is 15.7. The van der Waals surface area contributed by atoms with Crippen molar-refractivity contribution in [3.05, 3.63) is 76.6 Å². The molecule has 0 aliphatic carbocycles. The van der Waals surface area contributed by atoms with Gasteiger partial charge in [0.05, 0.1) is 46.7 Å². The largest absolute Gasteiger partial charge is 0.434 e. The van der Waals surface area contributed by atoms with Crippen molar-refractivity contribution in [3.63, 3.8) is 0 Å². The molecule has 0 aliphatic heterocycles. The molecule has 0 unspecified atom stereocenters. The summed E-state index contributed by atoms with van der Waals surface area (Å²) in [6, 6.07) is 8.75. The molecule has 4 rings (SSSR count). The quantitative estimate of drug-likeness (QED) is 0.192. The minimum atomic E-state index is -4.56. The van der Waals surface area contributed by atoms with Crippen molar-refractivity contribution < 1.29 is 13.2 Å². The van der Waals surface area contributed by atoms with Crippen LogP contribution in [0.4, 0.5) is 18.9 Å². The number of halogens is 4. The molecule has 0 bridgehead atoms. The second-order valence-electron chi connectivity index (χ2n) is 7.38. The highest BCUT2D eigenvalue weighted by Gasteiger charge is 2.32. The van der Waals surface area contributed by atoms with Gasteiger partial charge in [0.2, 0.25) is 0 Å². The van der Waals surface area contributed by atoms with Gasteiger partial charge in [-0.15, -0.1) is 5.10 Å². The summed E-state index contributed by atoms with van der Waals surface area (Å²) in [6.07, 6.45) is 3.61. The second-order valence-corrected chi connectivity index (χ2v) is 7.79. The first kappa shape index (κ1) is 43.2. The molecule has 0 amide bonds. The number of alkyl halides is 3. The lowest BCUT2D eigenvalue weighted by molar-refractivity contribution is -0.141. The molecule has 3 heterocycles. The number of hydrogen-bond donors (Lipinski definition) is 1. The minimum Gasteiger partial charge on any atom is -0.372 e. The van der Waals surface area contributed by atoms with Crippen molar-refractivity contribution in [2.24, 2.45) is 4.99 Å². The van der Waals surface area contributed by atoms with Crippen molar-refractivity contribution in [1.82, 2.24) is 29.8 Å². The average molecular weight is 651 g/mol. The second kappa shape index (κ2) is 24.4. The van der Waals surface area contributed by atoms with Crippen LogP contribution in [0.25, 0.3) is 11.4 Å². The number of aromatic nitrogens is 6. The van der Waals surface area contributed by atoms with E-state index in [1.807, 2.05) is 95.2 Å². The molecule has 0 radical (unpaired) electrons. The van der Waals surface area contributed by atoms with Gasteiger partial charge in [-0.3, -0.25) is 4.99 Å². The fourth-order valence-electron chi connectivity index (χ4n) is 3.27. The van der Waals surface area contributed by atoms with Crippen LogP contribution in [0.1, 0.15) is 106 Å². The molecule has 0 fully saturated rings. The molecule has 12 heteroatoms. The van der Waals surface area contributed by atoms with Crippen LogP contribution >= 0.6 is 11.6 Å². The molecule has 0 saturated heterocycles. The molecule has 0 atom stereocenters. The van der Waals surface area contributed by atoms with E-state index in [1.165, 1.54) is 4.68 Å². The number of nitrogens with one attached hydrogen (secondary N) is 1. The van der Waals surface area contributed by atoms with Gasteiger partial charge < -0.3 is 5.32 Å². The third-order valence-corrected chi connectivity index (χ3v) is 5.33. The zero-order chi connectivity index (χ0) is 35.0. The van der Waals surface area contributed by atoms with Gasteiger partial charge in [0.1, 0.15) is 5.69 Å². The van der Waals surface area contributed by atoms with E-state index in [4.69, 9.17) is 11.6 Å². The van der Waals surface area contributed by atoms with Crippen molar-refractivity contribution in [1.29, 1.82) is 0 Å². The summed E-state index contributed by atoms with van der Waals surface area (Å²) in [5.74, 6) is 0. The fourth-order valence-corrected chi connectivity index (χ4v) is 3.52. The Morgan fingerprint density at radius 3 is 2.18 bits per heavy atom. The standard InChI is InChI=1S/C23H20ClF3N8.5C2H6/c1-3-15-11-31-35(21(15)13-28-4-2)20-6-5-18(10-19(20)24)34-14-17(32-33-34)12-30-16-7-8-29-22(9-16)23(25,26)27;5*1-2/h5-6,9-11,13-14,30H,3-4,12H2,1-2H3;5*1-2H3. The lowest BCUT2D eigenvalue weighted by Crippen LogP contribution is -2.08. The summed E-state index contributed by atoms with van der Waals surface area (Å²) in [5.41, 5.74) is 2.83. The van der Waals surface area contributed by atoms with Crippen LogP contribution in [0.3, 0.4) is 0 Å². The number of hydrogen-bond acceptors (Lipinski definition) is 6. The number of benzene rings is 1. The predicted octanol–water partition coefficient (Wildman–Crippen LogP) is 9.86. The summed E-state index contributed by atoms with van der Waals surface area (Å²) in [7, 11) is 0. The Hall–Kier alpha value is -3.91. The first-order chi connectivity index (χ1) is 21.8. The Morgan fingerprint density at radius 2 is 1.62 bits per heavy atom. The lowest BCUT2D eigenvalue weighted by atomic mass is 10.2. The van der Waals surface area contributed by atoms with Crippen molar-refractivity contribution in [2.75, 3.05) is 11.9 Å². The van der Waals surface area contributed by atoms with E-state index in [1.54, 1.807) is 29.4 Å². The summed E-state index contributed by atoms with van der Waals surface area (Å²) in [6.45, 7) is 24.8. The van der Waals surface area contributed by atoms with Gasteiger partial charge in [-0.05, 0) is 43.2 Å². The number of nitrogens with zero attached hydrogens (tertiary/aromatic N) is 7. The highest BCUT2D eigenvalue weighted by molar-refractivity contribution is 6.32. The molecule has 1 aromatic carbocycles. The SMILES string of the molecule is CC.CC.CC.CC.CC.CCN=Cc1c(CC)cnn1-c1ccc(-n2cc(CNc3c#cnc(C(F)(F)F)c3)nn2)cc1Cl. The summed E-state index contributed by atoms with van der Waals surface area (Å²) in [4.78, 5) is 7.51. The third kappa shape index (κ3) is 13.3. The molecule has 4 aromatic rings. The molecule has 45 heavy (non-hydrogen) atoms. The maximum absolute atomic E-state index is 12.8. The van der Waals surface area contributed by atoms with Gasteiger partial charge in [-0.25, -0.2) is 9.36 Å². The van der Waals surface area contributed by atoms with E-state index in [0.29, 0.717) is 28.6 Å². The third-order valence-electron chi connectivity index (χ3n) is 5.03. The average Bonchev–Trinajstić information content (AvgIpc) is 3.74. The smallest absolute Gasteiger partial charge is 0.372 e. The van der Waals surface area contributed by atoms with Crippen LogP contribution in [-0.4, -0.2) is 42.5 Å². The molecule has 0 aliphatic rings. The lowest BCUT2D eigenvalue weighted by Gasteiger charge is -2.10. The monoisotopic (exact) mass is 650 g/mol. The van der Waals surface area contributed by atoms with Gasteiger partial charge in [0, 0.05) is 25.0 Å². The van der Waals surface area contributed by atoms with Crippen LogP contribution < -0.4 is 5.32 Å². The molecule has 250 valence electrons. The zero-order valence-electron chi connectivity index (χ0n) is 28.8. The normalized spacial score (nSPS) is 9.78. The first-order valence-corrected chi connectivity index (χ1v) is 16.1. The summed E-state index contributed by atoms with van der Waals surface area (Å²) in [5, 5.41) is 15.9. The number of anilines is 1. The fraction of sp³-hybridized carbons (Fsp3) is 0.485. The van der Waals surface area contributed by atoms with Crippen molar-refractivity contribution >= 4 is 23.5 Å². The van der Waals surface area contributed by atoms with Gasteiger partial charge >= 0.3 is 6.18 Å². The van der Waals surface area contributed by atoms with E-state index < -0.39 is 11.9 Å². The van der Waals surface area contributed by atoms with Crippen molar-refractivity contribution in [2.45, 2.75) is 102 Å². The molecule has 1 N–H and O–H groups in total. The Morgan fingerprint density at radius 1 is 0.978 bits per heavy atom. The summed E-state index contributed by atoms with van der Waals surface area (Å²) < 4.78 is 41.7. The maximum Gasteiger partial charge on any atom is 0.434 e. The highest BCUT2D eigenvalue weighted by atomic mass is 35.5. The summed E-state index contributed by atoms with van der Waals surface area (Å²) >= 11 is 6.59. The molecule has 3 aromatic heterocycles. The van der Waals surface area contributed by atoms with Crippen LogP contribution in [0.5, 0.6) is 0 Å². The van der Waals surface area contributed by atoms with Gasteiger partial charge in [0.15, 0.2) is 5.69 Å². The Balaban J connectivity index is 0. The van der Waals surface area contributed by atoms with E-state index in [0.717, 1.165) is 23.7 Å². The van der Waals surface area contributed by atoms with Gasteiger partial charge in [0.25, 0.3) is 0 Å². The zero-order valence-corrected chi connectivity index (χ0v) is 29.6. The van der Waals surface area contributed by atoms with Gasteiger partial charge in [-0.1, -0.05) is 93.0 Å². The molecular weight excluding hydrogens is 601 g/mol. The van der Waals surface area contributed by atoms with Crippen LogP contribution in [0.15, 0.2) is 41.7 Å². The molecule has 8 nitrogen and oxygen atoms in total. The van der Waals surface area contributed by atoms with Crippen LogP contribution in [0.2, 0.25) is 5.02 Å². The Bertz CT molecular complexity index is 1350. The maximum atomic E-state index is 12.8. The Kier molecular flexibility index (Phi) is 23.4. The molecule has 0 saturated carbocycles. The van der Waals surface area contributed by atoms with Crippen LogP contribution in [0, 0.1) is 12.3 Å². The van der Waals surface area contributed by atoms with Gasteiger partial charge in [-0.2, -0.15) is 23.3 Å². The Labute approximate surface area is 273 Å². The van der Waals surface area contributed by atoms with Crippen LogP contribution in [-0.2, 0) is 19.1 Å². The van der Waals surface area contributed by atoms with E-state index in [2.05, 4.69) is 43.0 Å². The molecular formula is C33H50ClF3N8. The minimum absolute atomic E-state index is 0.0994. The van der Waals surface area contributed by atoms with E-state index >= 15 is 0 Å². The van der Waals surface area contributed by atoms with Crippen molar-refractivity contribution in [3.8, 4) is 11.4 Å². The molecule has 0 spiro atoms. The highest BCUT2D eigenvalue weighted by Crippen LogP contribution is 2.28.